The van der Waals surface area contributed by atoms with Crippen molar-refractivity contribution in [3.63, 3.8) is 0 Å². The Balaban J connectivity index is 1.99. The highest BCUT2D eigenvalue weighted by atomic mass is 32.2. The minimum atomic E-state index is -0.783. The second-order valence-corrected chi connectivity index (χ2v) is 6.41. The molecule has 3 fully saturated rings. The van der Waals surface area contributed by atoms with Crippen LogP contribution >= 0.6 is 11.8 Å². The highest BCUT2D eigenvalue weighted by molar-refractivity contribution is 8.13. The lowest BCUT2D eigenvalue weighted by molar-refractivity contribution is -0.359. The normalized spacial score (nSPS) is 51.6. The molecule has 0 radical (unpaired) electrons. The van der Waals surface area contributed by atoms with Crippen LogP contribution in [0.4, 0.5) is 0 Å². The first kappa shape index (κ1) is 13.8. The van der Waals surface area contributed by atoms with Gasteiger partial charge in [0.2, 0.25) is 0 Å². The molecule has 1 aliphatic carbocycles. The van der Waals surface area contributed by atoms with Gasteiger partial charge in [-0.15, -0.1) is 0 Å². The van der Waals surface area contributed by atoms with E-state index in [1.807, 2.05) is 13.2 Å². The van der Waals surface area contributed by atoms with Crippen molar-refractivity contribution in [1.82, 2.24) is 0 Å². The molecule has 108 valence electrons. The van der Waals surface area contributed by atoms with Gasteiger partial charge < -0.3 is 18.9 Å². The third-order valence-corrected chi connectivity index (χ3v) is 5.47. The van der Waals surface area contributed by atoms with Crippen molar-refractivity contribution in [2.24, 2.45) is 23.7 Å². The van der Waals surface area contributed by atoms with Crippen molar-refractivity contribution in [3.8, 4) is 0 Å². The number of hydrogen-bond acceptors (Lipinski definition) is 6. The molecule has 0 N–H and O–H groups in total. The van der Waals surface area contributed by atoms with Crippen LogP contribution in [0.2, 0.25) is 0 Å². The third kappa shape index (κ3) is 1.81. The van der Waals surface area contributed by atoms with E-state index in [9.17, 15) is 4.79 Å². The molecule has 7 atom stereocenters. The molecule has 2 bridgehead atoms. The van der Waals surface area contributed by atoms with Crippen molar-refractivity contribution in [3.05, 3.63) is 0 Å². The number of carbonyl (C=O) groups excluding carboxylic acids is 1. The Morgan fingerprint density at radius 3 is 2.32 bits per heavy atom. The summed E-state index contributed by atoms with van der Waals surface area (Å²) in [7, 11) is 3.26. The first-order valence-corrected chi connectivity index (χ1v) is 7.77. The van der Waals surface area contributed by atoms with Crippen LogP contribution in [-0.2, 0) is 23.7 Å². The van der Waals surface area contributed by atoms with Gasteiger partial charge >= 0.3 is 0 Å². The predicted octanol–water partition coefficient (Wildman–Crippen LogP) is 1.47. The second kappa shape index (κ2) is 4.70. The summed E-state index contributed by atoms with van der Waals surface area (Å²) >= 11 is 1.28. The summed E-state index contributed by atoms with van der Waals surface area (Å²) in [6, 6.07) is 0. The monoisotopic (exact) mass is 288 g/mol. The quantitative estimate of drug-likeness (QED) is 0.784. The number of methoxy groups -OCH3 is 2. The molecule has 0 spiro atoms. The zero-order valence-electron chi connectivity index (χ0n) is 11.6. The highest BCUT2D eigenvalue weighted by Gasteiger charge is 2.69. The molecule has 5 nitrogen and oxygen atoms in total. The van der Waals surface area contributed by atoms with E-state index in [2.05, 4.69) is 0 Å². The van der Waals surface area contributed by atoms with E-state index in [1.54, 1.807) is 14.2 Å². The third-order valence-electron chi connectivity index (χ3n) is 4.80. The van der Waals surface area contributed by atoms with Gasteiger partial charge in [-0.05, 0) is 19.6 Å². The fraction of sp³-hybridized carbons (Fsp3) is 0.923. The summed E-state index contributed by atoms with van der Waals surface area (Å²) < 4.78 is 22.7. The average Bonchev–Trinajstić information content (AvgIpc) is 2.89. The zero-order valence-corrected chi connectivity index (χ0v) is 12.4. The van der Waals surface area contributed by atoms with Crippen LogP contribution in [0.1, 0.15) is 13.3 Å². The standard InChI is InChI=1S/C13H20O5S/c1-13-9-7(12(16-3)18-13)5-6(11(15-2)17-13)8(9)10(14)19-4/h6-9,11-12H,5H2,1-4H3/t6?,7?,8-,9?,11+,12+,13?/m0/s1. The van der Waals surface area contributed by atoms with E-state index in [4.69, 9.17) is 18.9 Å². The van der Waals surface area contributed by atoms with Crippen LogP contribution < -0.4 is 0 Å². The Labute approximate surface area is 117 Å². The summed E-state index contributed by atoms with van der Waals surface area (Å²) in [4.78, 5) is 12.3. The van der Waals surface area contributed by atoms with Crippen molar-refractivity contribution in [2.45, 2.75) is 31.7 Å². The van der Waals surface area contributed by atoms with Crippen molar-refractivity contribution >= 4 is 16.9 Å². The molecule has 3 rings (SSSR count). The highest BCUT2D eigenvalue weighted by Crippen LogP contribution is 2.61. The van der Waals surface area contributed by atoms with Crippen LogP contribution in [0.5, 0.6) is 0 Å². The molecular formula is C13H20O5S. The average molecular weight is 288 g/mol. The Hall–Kier alpha value is -0.140. The number of rotatable bonds is 3. The van der Waals surface area contributed by atoms with E-state index >= 15 is 0 Å². The number of hydrogen-bond donors (Lipinski definition) is 0. The molecule has 19 heavy (non-hydrogen) atoms. The van der Waals surface area contributed by atoms with Gasteiger partial charge in [0.05, 0.1) is 0 Å². The van der Waals surface area contributed by atoms with E-state index in [-0.39, 0.29) is 41.4 Å². The molecule has 2 saturated heterocycles. The molecule has 2 heterocycles. The molecule has 1 saturated carbocycles. The largest absolute Gasteiger partial charge is 0.355 e. The van der Waals surface area contributed by atoms with Crippen molar-refractivity contribution in [2.75, 3.05) is 20.5 Å². The summed E-state index contributed by atoms with van der Waals surface area (Å²) in [6.07, 6.45) is 2.03. The predicted molar refractivity (Wildman–Crippen MR) is 69.3 cm³/mol. The maximum Gasteiger partial charge on any atom is 0.192 e. The van der Waals surface area contributed by atoms with Crippen LogP contribution in [0, 0.1) is 23.7 Å². The summed E-state index contributed by atoms with van der Waals surface area (Å²) in [5.41, 5.74) is 0. The second-order valence-electron chi connectivity index (χ2n) is 5.60. The lowest BCUT2D eigenvalue weighted by Crippen LogP contribution is -2.52. The molecular weight excluding hydrogens is 268 g/mol. The Bertz CT molecular complexity index is 389. The van der Waals surface area contributed by atoms with Crippen LogP contribution in [-0.4, -0.2) is 44.0 Å². The molecule has 0 aromatic carbocycles. The fourth-order valence-corrected chi connectivity index (χ4v) is 4.73. The van der Waals surface area contributed by atoms with Gasteiger partial charge in [0.25, 0.3) is 0 Å². The molecule has 0 aromatic rings. The summed E-state index contributed by atoms with van der Waals surface area (Å²) in [5, 5.41) is 0.203. The zero-order chi connectivity index (χ0) is 13.8. The maximum absolute atomic E-state index is 12.3. The minimum absolute atomic E-state index is 0.0637. The lowest BCUT2D eigenvalue weighted by Gasteiger charge is -2.43. The maximum atomic E-state index is 12.3. The Kier molecular flexibility index (Phi) is 3.42. The van der Waals surface area contributed by atoms with Crippen LogP contribution in [0.25, 0.3) is 0 Å². The summed E-state index contributed by atoms with van der Waals surface area (Å²) in [6.45, 7) is 1.90. The lowest BCUT2D eigenvalue weighted by atomic mass is 9.81. The molecule has 3 aliphatic rings. The van der Waals surface area contributed by atoms with E-state index < -0.39 is 5.79 Å². The van der Waals surface area contributed by atoms with Gasteiger partial charge in [0.15, 0.2) is 23.5 Å². The number of thioether (sulfide) groups is 1. The number of carbonyl (C=O) groups is 1. The molecule has 2 aliphatic heterocycles. The van der Waals surface area contributed by atoms with E-state index in [1.165, 1.54) is 11.8 Å². The van der Waals surface area contributed by atoms with Gasteiger partial charge in [-0.25, -0.2) is 0 Å². The molecule has 0 amide bonds. The molecule has 0 aromatic heterocycles. The van der Waals surface area contributed by atoms with Gasteiger partial charge in [-0.3, -0.25) is 4.79 Å². The Morgan fingerprint density at radius 2 is 1.79 bits per heavy atom. The topological polar surface area (TPSA) is 54.0 Å². The van der Waals surface area contributed by atoms with Gasteiger partial charge in [-0.1, -0.05) is 11.8 Å². The first-order chi connectivity index (χ1) is 9.05. The van der Waals surface area contributed by atoms with Crippen molar-refractivity contribution in [1.29, 1.82) is 0 Å². The van der Waals surface area contributed by atoms with Crippen LogP contribution in [0.3, 0.4) is 0 Å². The first-order valence-electron chi connectivity index (χ1n) is 6.54. The number of fused-ring (bicyclic) bond motifs is 1. The number of ether oxygens (including phenoxy) is 4. The van der Waals surface area contributed by atoms with Gasteiger partial charge in [0.1, 0.15) is 0 Å². The summed E-state index contributed by atoms with van der Waals surface area (Å²) in [5.74, 6) is -0.469. The Morgan fingerprint density at radius 1 is 1.21 bits per heavy atom. The van der Waals surface area contributed by atoms with Crippen molar-refractivity contribution < 1.29 is 23.7 Å². The molecule has 4 unspecified atom stereocenters. The van der Waals surface area contributed by atoms with Crippen LogP contribution in [0.15, 0.2) is 0 Å². The smallest absolute Gasteiger partial charge is 0.192 e. The SMILES string of the molecule is CO[C@@H]1OC2(C)O[C@@H](OC)C3CC1C2[C@H]3C(=O)SC. The van der Waals surface area contributed by atoms with Gasteiger partial charge in [0, 0.05) is 37.9 Å². The minimum Gasteiger partial charge on any atom is -0.355 e. The van der Waals surface area contributed by atoms with E-state index in [0.29, 0.717) is 0 Å². The van der Waals surface area contributed by atoms with E-state index in [0.717, 1.165) is 6.42 Å². The molecule has 6 heteroatoms. The fourth-order valence-electron chi connectivity index (χ4n) is 4.14. The van der Waals surface area contributed by atoms with Gasteiger partial charge in [-0.2, -0.15) is 0 Å².